The number of hydrogen-bond donors (Lipinski definition) is 2. The van der Waals surface area contributed by atoms with E-state index < -0.39 is 0 Å². The summed E-state index contributed by atoms with van der Waals surface area (Å²) in [6, 6.07) is 0. The van der Waals surface area contributed by atoms with Crippen molar-refractivity contribution in [2.24, 2.45) is 0 Å². The van der Waals surface area contributed by atoms with Crippen LogP contribution in [0.25, 0.3) is 0 Å². The molecule has 0 heterocycles. The summed E-state index contributed by atoms with van der Waals surface area (Å²) < 4.78 is 0. The number of nitrogens with one attached hydrogen (secondary N) is 1. The minimum absolute atomic E-state index is 0.246. The molecule has 4 heteroatoms. The van der Waals surface area contributed by atoms with Gasteiger partial charge in [0.1, 0.15) is 0 Å². The molecule has 0 aliphatic rings. The second kappa shape index (κ2) is 8.81. The Bertz CT molecular complexity index is 112. The molecule has 0 spiro atoms. The van der Waals surface area contributed by atoms with Crippen LogP contribution in [0.4, 0.5) is 0 Å². The number of hydrogen-bond acceptors (Lipinski definition) is 4. The Labute approximate surface area is 85.9 Å². The highest BCUT2D eigenvalue weighted by Crippen LogP contribution is 1.93. The lowest BCUT2D eigenvalue weighted by atomic mass is 10.3. The summed E-state index contributed by atoms with van der Waals surface area (Å²) in [6.07, 6.45) is 3.04. The Morgan fingerprint density at radius 2 is 2.15 bits per heavy atom. The number of likely N-dealkylation sites (N-methyl/N-ethyl adjacent to an activating group) is 1. The van der Waals surface area contributed by atoms with Gasteiger partial charge >= 0.3 is 0 Å². The van der Waals surface area contributed by atoms with Crippen LogP contribution in [-0.4, -0.2) is 61.8 Å². The van der Waals surface area contributed by atoms with Crippen molar-refractivity contribution in [1.29, 1.82) is 0 Å². The monoisotopic (exact) mass is 206 g/mol. The predicted molar refractivity (Wildman–Crippen MR) is 60.4 cm³/mol. The lowest BCUT2D eigenvalue weighted by Gasteiger charge is -2.16. The van der Waals surface area contributed by atoms with Crippen LogP contribution in [0, 0.1) is 0 Å². The standard InChI is InChI=1S/C9H22N2OS/c1-11(2)8-9(12)7-10-5-4-6-13-3/h9-10,12H,4-8H2,1-3H3. The smallest absolute Gasteiger partial charge is 0.0791 e. The van der Waals surface area contributed by atoms with Crippen LogP contribution in [0.1, 0.15) is 6.42 Å². The van der Waals surface area contributed by atoms with Gasteiger partial charge in [-0.3, -0.25) is 0 Å². The molecule has 1 unspecified atom stereocenters. The molecule has 0 saturated heterocycles. The molecule has 1 atom stereocenters. The molecule has 0 aromatic carbocycles. The molecule has 2 N–H and O–H groups in total. The largest absolute Gasteiger partial charge is 0.390 e. The topological polar surface area (TPSA) is 35.5 Å². The maximum Gasteiger partial charge on any atom is 0.0791 e. The molecule has 0 fully saturated rings. The van der Waals surface area contributed by atoms with Crippen LogP contribution in [-0.2, 0) is 0 Å². The van der Waals surface area contributed by atoms with E-state index in [0.29, 0.717) is 6.54 Å². The molecule has 80 valence electrons. The number of thioether (sulfide) groups is 1. The van der Waals surface area contributed by atoms with E-state index >= 15 is 0 Å². The third kappa shape index (κ3) is 10.1. The molecule has 0 amide bonds. The molecule has 0 rings (SSSR count). The van der Waals surface area contributed by atoms with Crippen molar-refractivity contribution in [2.75, 3.05) is 45.7 Å². The first kappa shape index (κ1) is 13.2. The van der Waals surface area contributed by atoms with Crippen LogP contribution < -0.4 is 5.32 Å². The predicted octanol–water partition coefficient (Wildman–Crippen LogP) is 0.252. The molecule has 0 bridgehead atoms. The van der Waals surface area contributed by atoms with E-state index in [1.54, 1.807) is 0 Å². The summed E-state index contributed by atoms with van der Waals surface area (Å²) in [5.41, 5.74) is 0. The van der Waals surface area contributed by atoms with Crippen molar-refractivity contribution in [1.82, 2.24) is 10.2 Å². The minimum Gasteiger partial charge on any atom is -0.390 e. The van der Waals surface area contributed by atoms with E-state index in [2.05, 4.69) is 11.6 Å². The summed E-state index contributed by atoms with van der Waals surface area (Å²) in [4.78, 5) is 1.99. The molecule has 0 aromatic heterocycles. The van der Waals surface area contributed by atoms with E-state index in [0.717, 1.165) is 13.1 Å². The van der Waals surface area contributed by atoms with E-state index in [4.69, 9.17) is 0 Å². The highest BCUT2D eigenvalue weighted by atomic mass is 32.2. The number of nitrogens with zero attached hydrogens (tertiary/aromatic N) is 1. The summed E-state index contributed by atoms with van der Waals surface area (Å²) in [7, 11) is 3.94. The van der Waals surface area contributed by atoms with Gasteiger partial charge in [-0.15, -0.1) is 0 Å². The maximum atomic E-state index is 9.47. The van der Waals surface area contributed by atoms with E-state index in [-0.39, 0.29) is 6.10 Å². The number of rotatable bonds is 8. The van der Waals surface area contributed by atoms with Gasteiger partial charge in [-0.25, -0.2) is 0 Å². The van der Waals surface area contributed by atoms with Gasteiger partial charge in [0.15, 0.2) is 0 Å². The van der Waals surface area contributed by atoms with Crippen molar-refractivity contribution < 1.29 is 5.11 Å². The van der Waals surface area contributed by atoms with Gasteiger partial charge in [-0.2, -0.15) is 11.8 Å². The minimum atomic E-state index is -0.246. The molecular formula is C9H22N2OS. The zero-order valence-corrected chi connectivity index (χ0v) is 9.73. The lowest BCUT2D eigenvalue weighted by Crippen LogP contribution is -2.35. The summed E-state index contributed by atoms with van der Waals surface area (Å²) in [5, 5.41) is 12.7. The molecule has 0 saturated carbocycles. The van der Waals surface area contributed by atoms with Gasteiger partial charge in [0.25, 0.3) is 0 Å². The van der Waals surface area contributed by atoms with Gasteiger partial charge < -0.3 is 15.3 Å². The average Bonchev–Trinajstić information content (AvgIpc) is 2.02. The molecule has 13 heavy (non-hydrogen) atoms. The van der Waals surface area contributed by atoms with Crippen molar-refractivity contribution in [3.8, 4) is 0 Å². The van der Waals surface area contributed by atoms with E-state index in [1.165, 1.54) is 12.2 Å². The second-order valence-corrected chi connectivity index (χ2v) is 4.45. The van der Waals surface area contributed by atoms with Crippen LogP contribution in [0.5, 0.6) is 0 Å². The Morgan fingerprint density at radius 1 is 1.46 bits per heavy atom. The van der Waals surface area contributed by atoms with Crippen LogP contribution in [0.2, 0.25) is 0 Å². The van der Waals surface area contributed by atoms with Gasteiger partial charge in [0.05, 0.1) is 6.10 Å². The Kier molecular flexibility index (Phi) is 8.97. The van der Waals surface area contributed by atoms with Gasteiger partial charge in [-0.1, -0.05) is 0 Å². The van der Waals surface area contributed by atoms with Crippen LogP contribution >= 0.6 is 11.8 Å². The fourth-order valence-corrected chi connectivity index (χ4v) is 1.53. The van der Waals surface area contributed by atoms with E-state index in [9.17, 15) is 5.11 Å². The van der Waals surface area contributed by atoms with Gasteiger partial charge in [-0.05, 0) is 39.1 Å². The van der Waals surface area contributed by atoms with Gasteiger partial charge in [0, 0.05) is 13.1 Å². The number of aliphatic hydroxyl groups is 1. The third-order valence-electron chi connectivity index (χ3n) is 1.66. The molecular weight excluding hydrogens is 184 g/mol. The zero-order chi connectivity index (χ0) is 10.1. The fraction of sp³-hybridized carbons (Fsp3) is 1.00. The maximum absolute atomic E-state index is 9.47. The molecule has 0 aliphatic carbocycles. The van der Waals surface area contributed by atoms with Crippen LogP contribution in [0.15, 0.2) is 0 Å². The highest BCUT2D eigenvalue weighted by molar-refractivity contribution is 7.98. The lowest BCUT2D eigenvalue weighted by molar-refractivity contribution is 0.135. The third-order valence-corrected chi connectivity index (χ3v) is 2.35. The first-order valence-corrected chi connectivity index (χ1v) is 6.08. The van der Waals surface area contributed by atoms with Crippen molar-refractivity contribution >= 4 is 11.8 Å². The van der Waals surface area contributed by atoms with Crippen molar-refractivity contribution in [3.05, 3.63) is 0 Å². The SMILES string of the molecule is CSCCCNCC(O)CN(C)C. The molecule has 0 radical (unpaired) electrons. The van der Waals surface area contributed by atoms with Crippen molar-refractivity contribution in [2.45, 2.75) is 12.5 Å². The number of aliphatic hydroxyl groups excluding tert-OH is 1. The quantitative estimate of drug-likeness (QED) is 0.558. The highest BCUT2D eigenvalue weighted by Gasteiger charge is 2.03. The first-order chi connectivity index (χ1) is 6.16. The molecule has 3 nitrogen and oxygen atoms in total. The van der Waals surface area contributed by atoms with E-state index in [1.807, 2.05) is 30.8 Å². The normalized spacial score (nSPS) is 13.6. The van der Waals surface area contributed by atoms with Crippen molar-refractivity contribution in [3.63, 3.8) is 0 Å². The Balaban J connectivity index is 3.12. The Morgan fingerprint density at radius 3 is 2.69 bits per heavy atom. The summed E-state index contributed by atoms with van der Waals surface area (Å²) in [5.74, 6) is 1.19. The molecule has 0 aliphatic heterocycles. The average molecular weight is 206 g/mol. The molecule has 0 aromatic rings. The first-order valence-electron chi connectivity index (χ1n) is 4.69. The van der Waals surface area contributed by atoms with Crippen LogP contribution in [0.3, 0.4) is 0 Å². The van der Waals surface area contributed by atoms with Gasteiger partial charge in [0.2, 0.25) is 0 Å². The Hall–Kier alpha value is 0.230. The second-order valence-electron chi connectivity index (χ2n) is 3.47. The fourth-order valence-electron chi connectivity index (χ4n) is 1.10. The summed E-state index contributed by atoms with van der Waals surface area (Å²) in [6.45, 7) is 2.44. The zero-order valence-electron chi connectivity index (χ0n) is 8.92. The summed E-state index contributed by atoms with van der Waals surface area (Å²) >= 11 is 1.86.